The number of halogens is 1. The molecule has 0 bridgehead atoms. The fraction of sp³-hybridized carbons (Fsp3) is 0.556. The Morgan fingerprint density at radius 3 is 3.00 bits per heavy atom. The lowest BCUT2D eigenvalue weighted by Gasteiger charge is -2.14. The summed E-state index contributed by atoms with van der Waals surface area (Å²) in [6.45, 7) is 2.43. The van der Waals surface area contributed by atoms with Crippen molar-refractivity contribution in [3.8, 4) is 0 Å². The van der Waals surface area contributed by atoms with Crippen molar-refractivity contribution in [2.75, 3.05) is 13.6 Å². The largest absolute Gasteiger partial charge is 0.390 e. The number of aliphatic hydroxyl groups is 1. The lowest BCUT2D eigenvalue weighted by atomic mass is 10.3. The van der Waals surface area contributed by atoms with Crippen LogP contribution in [0, 0.1) is 6.92 Å². The van der Waals surface area contributed by atoms with Crippen LogP contribution < -0.4 is 10.9 Å². The second-order valence-electron chi connectivity index (χ2n) is 3.28. The third-order valence-electron chi connectivity index (χ3n) is 2.04. The zero-order valence-corrected chi connectivity index (χ0v) is 10.3. The average molecular weight is 276 g/mol. The van der Waals surface area contributed by atoms with Gasteiger partial charge in [0.1, 0.15) is 10.3 Å². The van der Waals surface area contributed by atoms with E-state index < -0.39 is 6.10 Å². The van der Waals surface area contributed by atoms with E-state index in [0.29, 0.717) is 16.8 Å². The number of nitrogens with zero attached hydrogens (tertiary/aromatic N) is 2. The number of rotatable bonds is 4. The summed E-state index contributed by atoms with van der Waals surface area (Å²) in [5.74, 6) is 0.596. The molecule has 2 N–H and O–H groups in total. The van der Waals surface area contributed by atoms with Gasteiger partial charge >= 0.3 is 0 Å². The highest BCUT2D eigenvalue weighted by Crippen LogP contribution is 2.02. The third kappa shape index (κ3) is 3.12. The molecule has 6 heteroatoms. The molecule has 0 spiro atoms. The topological polar surface area (TPSA) is 67.2 Å². The second-order valence-corrected chi connectivity index (χ2v) is 4.13. The van der Waals surface area contributed by atoms with Crippen LogP contribution in [-0.4, -0.2) is 34.4 Å². The van der Waals surface area contributed by atoms with Crippen molar-refractivity contribution in [2.45, 2.75) is 19.6 Å². The van der Waals surface area contributed by atoms with Gasteiger partial charge in [-0.05, 0) is 29.9 Å². The first-order chi connectivity index (χ1) is 7.06. The molecule has 1 unspecified atom stereocenters. The first kappa shape index (κ1) is 12.4. The van der Waals surface area contributed by atoms with Crippen LogP contribution in [0.2, 0.25) is 0 Å². The van der Waals surface area contributed by atoms with Gasteiger partial charge in [-0.2, -0.15) is 0 Å². The van der Waals surface area contributed by atoms with Gasteiger partial charge in [-0.3, -0.25) is 9.36 Å². The Bertz CT molecular complexity index is 391. The van der Waals surface area contributed by atoms with Crippen molar-refractivity contribution in [3.63, 3.8) is 0 Å². The number of hydrogen-bond acceptors (Lipinski definition) is 4. The Morgan fingerprint density at radius 1 is 1.73 bits per heavy atom. The predicted octanol–water partition coefficient (Wildman–Crippen LogP) is -0.105. The molecular weight excluding hydrogens is 262 g/mol. The first-order valence-corrected chi connectivity index (χ1v) is 5.40. The quantitative estimate of drug-likeness (QED) is 0.805. The molecule has 1 aromatic heterocycles. The normalized spacial score (nSPS) is 12.8. The summed E-state index contributed by atoms with van der Waals surface area (Å²) in [6, 6.07) is 0. The van der Waals surface area contributed by atoms with Crippen LogP contribution in [0.25, 0.3) is 0 Å². The van der Waals surface area contributed by atoms with E-state index in [2.05, 4.69) is 26.2 Å². The van der Waals surface area contributed by atoms with Gasteiger partial charge in [0.25, 0.3) is 5.56 Å². The lowest BCUT2D eigenvalue weighted by molar-refractivity contribution is 0.151. The molecule has 0 aliphatic rings. The van der Waals surface area contributed by atoms with Gasteiger partial charge in [-0.15, -0.1) is 0 Å². The van der Waals surface area contributed by atoms with E-state index in [1.165, 1.54) is 10.8 Å². The first-order valence-electron chi connectivity index (χ1n) is 4.61. The van der Waals surface area contributed by atoms with E-state index in [4.69, 9.17) is 0 Å². The van der Waals surface area contributed by atoms with Crippen LogP contribution >= 0.6 is 15.9 Å². The van der Waals surface area contributed by atoms with Crippen LogP contribution in [-0.2, 0) is 6.54 Å². The molecule has 0 saturated carbocycles. The highest BCUT2D eigenvalue weighted by atomic mass is 79.9. The standard InChI is InChI=1S/C9H14BrN3O2/c1-6-12-4-8(10)9(15)13(6)5-7(14)3-11-2/h4,7,11,14H,3,5H2,1-2H3. The molecule has 1 atom stereocenters. The smallest absolute Gasteiger partial charge is 0.267 e. The van der Waals surface area contributed by atoms with Gasteiger partial charge in [0.15, 0.2) is 0 Å². The van der Waals surface area contributed by atoms with E-state index in [1.54, 1.807) is 14.0 Å². The maximum atomic E-state index is 11.7. The van der Waals surface area contributed by atoms with Crippen molar-refractivity contribution in [1.82, 2.24) is 14.9 Å². The molecule has 0 radical (unpaired) electrons. The van der Waals surface area contributed by atoms with Crippen molar-refractivity contribution in [2.24, 2.45) is 0 Å². The summed E-state index contributed by atoms with van der Waals surface area (Å²) >= 11 is 3.12. The molecule has 0 fully saturated rings. The summed E-state index contributed by atoms with van der Waals surface area (Å²) in [5.41, 5.74) is -0.169. The maximum Gasteiger partial charge on any atom is 0.267 e. The summed E-state index contributed by atoms with van der Waals surface area (Å²) in [5, 5.41) is 12.4. The number of aliphatic hydroxyl groups excluding tert-OH is 1. The van der Waals surface area contributed by atoms with E-state index >= 15 is 0 Å². The maximum absolute atomic E-state index is 11.7. The SMILES string of the molecule is CNCC(O)Cn1c(C)ncc(Br)c1=O. The minimum Gasteiger partial charge on any atom is -0.390 e. The zero-order valence-electron chi connectivity index (χ0n) is 8.70. The molecule has 0 aromatic carbocycles. The number of likely N-dealkylation sites (N-methyl/N-ethyl adjacent to an activating group) is 1. The average Bonchev–Trinajstić information content (AvgIpc) is 2.19. The minimum absolute atomic E-state index is 0.169. The van der Waals surface area contributed by atoms with Crippen LogP contribution in [0.5, 0.6) is 0 Å². The molecule has 15 heavy (non-hydrogen) atoms. The number of aryl methyl sites for hydroxylation is 1. The van der Waals surface area contributed by atoms with Gasteiger partial charge in [-0.1, -0.05) is 0 Å². The Labute approximate surface area is 96.3 Å². The Morgan fingerprint density at radius 2 is 2.40 bits per heavy atom. The number of aromatic nitrogens is 2. The molecule has 1 heterocycles. The van der Waals surface area contributed by atoms with E-state index in [0.717, 1.165) is 0 Å². The molecule has 5 nitrogen and oxygen atoms in total. The summed E-state index contributed by atoms with van der Waals surface area (Å²) < 4.78 is 1.86. The fourth-order valence-electron chi connectivity index (χ4n) is 1.28. The van der Waals surface area contributed by atoms with Crippen LogP contribution in [0.15, 0.2) is 15.5 Å². The second kappa shape index (κ2) is 5.39. The van der Waals surface area contributed by atoms with Gasteiger partial charge in [0.05, 0.1) is 12.6 Å². The Kier molecular flexibility index (Phi) is 4.44. The molecule has 84 valence electrons. The number of hydrogen-bond donors (Lipinski definition) is 2. The third-order valence-corrected chi connectivity index (χ3v) is 2.58. The van der Waals surface area contributed by atoms with Gasteiger partial charge < -0.3 is 10.4 Å². The van der Waals surface area contributed by atoms with E-state index in [1.807, 2.05) is 0 Å². The van der Waals surface area contributed by atoms with Crippen LogP contribution in [0.4, 0.5) is 0 Å². The van der Waals surface area contributed by atoms with Gasteiger partial charge in [0, 0.05) is 12.7 Å². The zero-order chi connectivity index (χ0) is 11.4. The van der Waals surface area contributed by atoms with Crippen molar-refractivity contribution < 1.29 is 5.11 Å². The van der Waals surface area contributed by atoms with Crippen molar-refractivity contribution in [3.05, 3.63) is 26.8 Å². The van der Waals surface area contributed by atoms with Crippen LogP contribution in [0.1, 0.15) is 5.82 Å². The highest BCUT2D eigenvalue weighted by Gasteiger charge is 2.09. The summed E-state index contributed by atoms with van der Waals surface area (Å²) in [4.78, 5) is 15.7. The molecule has 0 aliphatic heterocycles. The Hall–Kier alpha value is -0.720. The van der Waals surface area contributed by atoms with Crippen molar-refractivity contribution >= 4 is 15.9 Å². The van der Waals surface area contributed by atoms with E-state index in [9.17, 15) is 9.90 Å². The molecule has 1 rings (SSSR count). The molecule has 0 saturated heterocycles. The molecular formula is C9H14BrN3O2. The minimum atomic E-state index is -0.595. The monoisotopic (exact) mass is 275 g/mol. The summed E-state index contributed by atoms with van der Waals surface area (Å²) in [7, 11) is 1.75. The van der Waals surface area contributed by atoms with Crippen molar-refractivity contribution in [1.29, 1.82) is 0 Å². The highest BCUT2D eigenvalue weighted by molar-refractivity contribution is 9.10. The van der Waals surface area contributed by atoms with Gasteiger partial charge in [-0.25, -0.2) is 4.98 Å². The molecule has 0 amide bonds. The lowest BCUT2D eigenvalue weighted by Crippen LogP contribution is -2.34. The molecule has 1 aromatic rings. The predicted molar refractivity (Wildman–Crippen MR) is 60.9 cm³/mol. The molecule has 0 aliphatic carbocycles. The fourth-order valence-corrected chi connectivity index (χ4v) is 1.59. The number of nitrogens with one attached hydrogen (secondary N) is 1. The summed E-state index contributed by atoms with van der Waals surface area (Å²) in [6.07, 6.45) is 0.876. The van der Waals surface area contributed by atoms with Crippen LogP contribution in [0.3, 0.4) is 0 Å². The van der Waals surface area contributed by atoms with E-state index in [-0.39, 0.29) is 12.1 Å². The Balaban J connectivity index is 2.94. The van der Waals surface area contributed by atoms with Gasteiger partial charge in [0.2, 0.25) is 0 Å².